The zero-order valence-corrected chi connectivity index (χ0v) is 14.1. The molecule has 24 heavy (non-hydrogen) atoms. The third-order valence-electron chi connectivity index (χ3n) is 4.91. The number of carbonyl (C=O) groups is 1. The topological polar surface area (TPSA) is 20.3 Å². The zero-order chi connectivity index (χ0) is 16.5. The normalized spacial score (nSPS) is 15.8. The first-order chi connectivity index (χ1) is 11.8. The van der Waals surface area contributed by atoms with E-state index < -0.39 is 0 Å². The molecule has 0 radical (unpaired) electrons. The van der Waals surface area contributed by atoms with Crippen molar-refractivity contribution in [1.29, 1.82) is 0 Å². The number of para-hydroxylation sites is 1. The number of fused-ring (bicyclic) bond motifs is 1. The van der Waals surface area contributed by atoms with Gasteiger partial charge in [-0.05, 0) is 59.4 Å². The highest BCUT2D eigenvalue weighted by molar-refractivity contribution is 7.17. The largest absolute Gasteiger partial charge is 0.371 e. The number of rotatable bonds is 3. The van der Waals surface area contributed by atoms with Crippen molar-refractivity contribution < 1.29 is 9.18 Å². The van der Waals surface area contributed by atoms with E-state index in [-0.39, 0.29) is 5.82 Å². The lowest BCUT2D eigenvalue weighted by atomic mass is 9.89. The van der Waals surface area contributed by atoms with Gasteiger partial charge in [0.15, 0.2) is 6.29 Å². The van der Waals surface area contributed by atoms with Crippen LogP contribution in [0.3, 0.4) is 0 Å². The Kier molecular flexibility index (Phi) is 4.07. The van der Waals surface area contributed by atoms with E-state index in [4.69, 9.17) is 0 Å². The summed E-state index contributed by atoms with van der Waals surface area (Å²) in [5.41, 5.74) is 3.13. The first-order valence-corrected chi connectivity index (χ1v) is 9.10. The highest BCUT2D eigenvalue weighted by atomic mass is 32.1. The smallest absolute Gasteiger partial charge is 0.152 e. The second-order valence-corrected chi connectivity index (χ2v) is 7.18. The number of benzene rings is 2. The molecule has 2 nitrogen and oxygen atoms in total. The summed E-state index contributed by atoms with van der Waals surface area (Å²) in [7, 11) is 0. The molecule has 0 saturated carbocycles. The van der Waals surface area contributed by atoms with E-state index in [2.05, 4.69) is 10.3 Å². The summed E-state index contributed by atoms with van der Waals surface area (Å²) in [6.45, 7) is 1.88. The molecule has 0 unspecified atom stereocenters. The molecule has 4 heteroatoms. The third kappa shape index (κ3) is 2.71. The predicted octanol–water partition coefficient (Wildman–Crippen LogP) is 5.24. The van der Waals surface area contributed by atoms with Gasteiger partial charge in [-0.2, -0.15) is 0 Å². The minimum atomic E-state index is -0.170. The minimum Gasteiger partial charge on any atom is -0.371 e. The highest BCUT2D eigenvalue weighted by Crippen LogP contribution is 2.38. The number of aldehydes is 1. The number of thiophene rings is 1. The van der Waals surface area contributed by atoms with E-state index in [1.807, 2.05) is 30.3 Å². The molecule has 0 bridgehead atoms. The monoisotopic (exact) mass is 339 g/mol. The number of hydrogen-bond acceptors (Lipinski definition) is 3. The van der Waals surface area contributed by atoms with Gasteiger partial charge in [-0.25, -0.2) is 4.39 Å². The molecule has 0 amide bonds. The summed E-state index contributed by atoms with van der Waals surface area (Å²) in [5, 5.41) is 3.37. The first-order valence-electron chi connectivity index (χ1n) is 8.22. The fourth-order valence-electron chi connectivity index (χ4n) is 3.65. The van der Waals surface area contributed by atoms with Crippen LogP contribution in [0, 0.1) is 5.82 Å². The van der Waals surface area contributed by atoms with Gasteiger partial charge in [0.2, 0.25) is 0 Å². The molecule has 1 aromatic heterocycles. The second-order valence-electron chi connectivity index (χ2n) is 6.27. The third-order valence-corrected chi connectivity index (χ3v) is 5.87. The van der Waals surface area contributed by atoms with Gasteiger partial charge < -0.3 is 4.90 Å². The molecule has 2 aromatic carbocycles. The number of anilines is 1. The van der Waals surface area contributed by atoms with Crippen molar-refractivity contribution in [3.05, 3.63) is 64.8 Å². The van der Waals surface area contributed by atoms with E-state index in [1.54, 1.807) is 23.5 Å². The van der Waals surface area contributed by atoms with Crippen LogP contribution in [0.4, 0.5) is 10.1 Å². The molecule has 1 aliphatic heterocycles. The Balaban J connectivity index is 1.54. The molecule has 0 atom stereocenters. The van der Waals surface area contributed by atoms with E-state index in [1.165, 1.54) is 10.9 Å². The number of piperidine rings is 1. The maximum atomic E-state index is 13.4. The molecule has 122 valence electrons. The Labute approximate surface area is 144 Å². The van der Waals surface area contributed by atoms with Crippen LogP contribution in [0.15, 0.2) is 47.8 Å². The fraction of sp³-hybridized carbons (Fsp3) is 0.250. The van der Waals surface area contributed by atoms with Crippen LogP contribution in [0.1, 0.15) is 34.7 Å². The van der Waals surface area contributed by atoms with E-state index in [0.717, 1.165) is 48.2 Å². The van der Waals surface area contributed by atoms with E-state index in [0.29, 0.717) is 5.92 Å². The zero-order valence-electron chi connectivity index (χ0n) is 13.2. The first kappa shape index (κ1) is 15.3. The van der Waals surface area contributed by atoms with Crippen LogP contribution in [-0.4, -0.2) is 19.4 Å². The summed E-state index contributed by atoms with van der Waals surface area (Å²) in [6, 6.07) is 12.9. The Morgan fingerprint density at radius 1 is 1.12 bits per heavy atom. The molecular formula is C20H18FNOS. The summed E-state index contributed by atoms with van der Waals surface area (Å²) in [4.78, 5) is 13.5. The maximum Gasteiger partial charge on any atom is 0.152 e. The Bertz CT molecular complexity index is 880. The van der Waals surface area contributed by atoms with Crippen molar-refractivity contribution in [2.24, 2.45) is 0 Å². The molecule has 3 aromatic rings. The second kappa shape index (κ2) is 6.36. The molecule has 4 rings (SSSR count). The lowest BCUT2D eigenvalue weighted by Gasteiger charge is -2.34. The van der Waals surface area contributed by atoms with Crippen LogP contribution >= 0.6 is 11.3 Å². The number of hydrogen-bond donors (Lipinski definition) is 0. The molecule has 1 fully saturated rings. The molecule has 2 heterocycles. The van der Waals surface area contributed by atoms with Gasteiger partial charge in [0, 0.05) is 29.0 Å². The average molecular weight is 339 g/mol. The number of nitrogens with zero attached hydrogens (tertiary/aromatic N) is 1. The summed E-state index contributed by atoms with van der Waals surface area (Å²) in [5.74, 6) is 0.333. The predicted molar refractivity (Wildman–Crippen MR) is 97.8 cm³/mol. The van der Waals surface area contributed by atoms with Crippen molar-refractivity contribution in [1.82, 2.24) is 0 Å². The SMILES string of the molecule is O=Cc1ccccc1N1CCC(c2csc3cc(F)ccc23)CC1. The molecule has 0 spiro atoms. The standard InChI is InChI=1S/C20H18FNOS/c21-16-5-6-17-18(13-24-20(17)11-16)14-7-9-22(10-8-14)19-4-2-1-3-15(19)12-23/h1-6,11-14H,7-10H2. The number of halogens is 1. The van der Waals surface area contributed by atoms with Gasteiger partial charge in [-0.3, -0.25) is 4.79 Å². The minimum absolute atomic E-state index is 0.170. The Morgan fingerprint density at radius 3 is 2.71 bits per heavy atom. The van der Waals surface area contributed by atoms with Crippen molar-refractivity contribution >= 4 is 33.4 Å². The van der Waals surface area contributed by atoms with Gasteiger partial charge in [-0.15, -0.1) is 11.3 Å². The van der Waals surface area contributed by atoms with Gasteiger partial charge in [0.1, 0.15) is 5.82 Å². The molecule has 0 N–H and O–H groups in total. The fourth-order valence-corrected chi connectivity index (χ4v) is 4.71. The summed E-state index contributed by atoms with van der Waals surface area (Å²) in [6.07, 6.45) is 3.04. The lowest BCUT2D eigenvalue weighted by Crippen LogP contribution is -2.33. The molecule has 1 aliphatic rings. The molecule has 1 saturated heterocycles. The highest BCUT2D eigenvalue weighted by Gasteiger charge is 2.24. The lowest BCUT2D eigenvalue weighted by molar-refractivity contribution is 0.112. The quantitative estimate of drug-likeness (QED) is 0.609. The maximum absolute atomic E-state index is 13.4. The summed E-state index contributed by atoms with van der Waals surface area (Å²) >= 11 is 1.63. The van der Waals surface area contributed by atoms with Gasteiger partial charge in [-0.1, -0.05) is 18.2 Å². The molecular weight excluding hydrogens is 321 g/mol. The van der Waals surface area contributed by atoms with Crippen molar-refractivity contribution in [2.75, 3.05) is 18.0 Å². The van der Waals surface area contributed by atoms with Crippen LogP contribution in [0.25, 0.3) is 10.1 Å². The van der Waals surface area contributed by atoms with Crippen LogP contribution < -0.4 is 4.90 Å². The Morgan fingerprint density at radius 2 is 1.92 bits per heavy atom. The van der Waals surface area contributed by atoms with Crippen LogP contribution in [0.2, 0.25) is 0 Å². The van der Waals surface area contributed by atoms with Gasteiger partial charge >= 0.3 is 0 Å². The van der Waals surface area contributed by atoms with Crippen molar-refractivity contribution in [2.45, 2.75) is 18.8 Å². The van der Waals surface area contributed by atoms with Crippen LogP contribution in [-0.2, 0) is 0 Å². The van der Waals surface area contributed by atoms with E-state index >= 15 is 0 Å². The van der Waals surface area contributed by atoms with Crippen molar-refractivity contribution in [3.63, 3.8) is 0 Å². The Hall–Kier alpha value is -2.20. The summed E-state index contributed by atoms with van der Waals surface area (Å²) < 4.78 is 14.4. The number of carbonyl (C=O) groups excluding carboxylic acids is 1. The van der Waals surface area contributed by atoms with Gasteiger partial charge in [0.25, 0.3) is 0 Å². The van der Waals surface area contributed by atoms with Gasteiger partial charge in [0.05, 0.1) is 0 Å². The van der Waals surface area contributed by atoms with Crippen molar-refractivity contribution in [3.8, 4) is 0 Å². The van der Waals surface area contributed by atoms with E-state index in [9.17, 15) is 9.18 Å². The van der Waals surface area contributed by atoms with Crippen LogP contribution in [0.5, 0.6) is 0 Å². The average Bonchev–Trinajstić information content (AvgIpc) is 3.04. The molecule has 0 aliphatic carbocycles.